The number of carbonyl (C=O) groups is 2. The molecule has 1 fully saturated rings. The first-order valence-corrected chi connectivity index (χ1v) is 9.87. The average molecular weight is 388 g/mol. The van der Waals surface area contributed by atoms with Gasteiger partial charge in [-0.05, 0) is 53.9 Å². The summed E-state index contributed by atoms with van der Waals surface area (Å²) in [6, 6.07) is 20.9. The number of rotatable bonds is 4. The highest BCUT2D eigenvalue weighted by Gasteiger charge is 2.25. The van der Waals surface area contributed by atoms with E-state index in [1.54, 1.807) is 31.4 Å². The largest absolute Gasteiger partial charge is 0.497 e. The van der Waals surface area contributed by atoms with Crippen LogP contribution in [0.25, 0.3) is 10.8 Å². The molecule has 1 aliphatic rings. The Kier molecular flexibility index (Phi) is 5.47. The SMILES string of the molecule is COc1ccc(C(=O)NC2CCN(C(=O)c3cccc4ccccc34)CC2)cc1. The number of methoxy groups -OCH3 is 1. The Morgan fingerprint density at radius 3 is 2.34 bits per heavy atom. The van der Waals surface area contributed by atoms with Crippen LogP contribution in [0, 0.1) is 0 Å². The third kappa shape index (κ3) is 4.09. The van der Waals surface area contributed by atoms with Crippen molar-refractivity contribution < 1.29 is 14.3 Å². The monoisotopic (exact) mass is 388 g/mol. The van der Waals surface area contributed by atoms with E-state index < -0.39 is 0 Å². The highest BCUT2D eigenvalue weighted by molar-refractivity contribution is 6.07. The minimum Gasteiger partial charge on any atom is -0.497 e. The maximum atomic E-state index is 13.1. The molecule has 148 valence electrons. The number of piperidine rings is 1. The van der Waals surface area contributed by atoms with Crippen LogP contribution >= 0.6 is 0 Å². The van der Waals surface area contributed by atoms with Gasteiger partial charge in [-0.2, -0.15) is 0 Å². The number of fused-ring (bicyclic) bond motifs is 1. The first-order valence-electron chi connectivity index (χ1n) is 9.87. The molecule has 3 aromatic rings. The third-order valence-electron chi connectivity index (χ3n) is 5.49. The van der Waals surface area contributed by atoms with Crippen molar-refractivity contribution in [2.75, 3.05) is 20.2 Å². The Balaban J connectivity index is 1.37. The summed E-state index contributed by atoms with van der Waals surface area (Å²) in [7, 11) is 1.60. The number of amides is 2. The van der Waals surface area contributed by atoms with Crippen molar-refractivity contribution in [3.8, 4) is 5.75 Å². The molecule has 0 unspecified atom stereocenters. The van der Waals surface area contributed by atoms with E-state index in [0.717, 1.165) is 34.9 Å². The molecule has 5 heteroatoms. The molecule has 1 heterocycles. The van der Waals surface area contributed by atoms with Gasteiger partial charge in [0.15, 0.2) is 0 Å². The Morgan fingerprint density at radius 2 is 1.62 bits per heavy atom. The number of ether oxygens (including phenoxy) is 1. The van der Waals surface area contributed by atoms with Gasteiger partial charge in [-0.3, -0.25) is 9.59 Å². The molecule has 1 aliphatic heterocycles. The molecule has 5 nitrogen and oxygen atoms in total. The van der Waals surface area contributed by atoms with Crippen molar-refractivity contribution in [1.29, 1.82) is 0 Å². The van der Waals surface area contributed by atoms with Gasteiger partial charge < -0.3 is 15.0 Å². The fraction of sp³-hybridized carbons (Fsp3) is 0.250. The van der Waals surface area contributed by atoms with Crippen LogP contribution in [-0.4, -0.2) is 43.0 Å². The minimum atomic E-state index is -0.0912. The number of carbonyl (C=O) groups excluding carboxylic acids is 2. The molecule has 0 saturated carbocycles. The van der Waals surface area contributed by atoms with Crippen molar-refractivity contribution in [1.82, 2.24) is 10.2 Å². The lowest BCUT2D eigenvalue weighted by molar-refractivity contribution is 0.0700. The molecule has 4 rings (SSSR count). The number of hydrogen-bond acceptors (Lipinski definition) is 3. The van der Waals surface area contributed by atoms with Gasteiger partial charge in [0.2, 0.25) is 0 Å². The summed E-state index contributed by atoms with van der Waals surface area (Å²) in [6.07, 6.45) is 1.50. The van der Waals surface area contributed by atoms with E-state index in [9.17, 15) is 9.59 Å². The van der Waals surface area contributed by atoms with Crippen LogP contribution in [-0.2, 0) is 0 Å². The topological polar surface area (TPSA) is 58.6 Å². The second-order valence-corrected chi connectivity index (χ2v) is 7.30. The number of hydrogen-bond donors (Lipinski definition) is 1. The summed E-state index contributed by atoms with van der Waals surface area (Å²) in [4.78, 5) is 27.4. The highest BCUT2D eigenvalue weighted by atomic mass is 16.5. The fourth-order valence-electron chi connectivity index (χ4n) is 3.82. The van der Waals surface area contributed by atoms with Crippen LogP contribution in [0.3, 0.4) is 0 Å². The summed E-state index contributed by atoms with van der Waals surface area (Å²) in [5.74, 6) is 0.690. The summed E-state index contributed by atoms with van der Waals surface area (Å²) >= 11 is 0. The van der Waals surface area contributed by atoms with Crippen LogP contribution in [0.4, 0.5) is 0 Å². The van der Waals surface area contributed by atoms with Crippen LogP contribution in [0.15, 0.2) is 66.7 Å². The normalized spacial score (nSPS) is 14.6. The molecular weight excluding hydrogens is 364 g/mol. The maximum Gasteiger partial charge on any atom is 0.254 e. The van der Waals surface area contributed by atoms with Gasteiger partial charge in [0.05, 0.1) is 7.11 Å². The standard InChI is InChI=1S/C24H24N2O3/c1-29-20-11-9-18(10-12-20)23(27)25-19-13-15-26(16-14-19)24(28)22-8-4-6-17-5-2-3-7-21(17)22/h2-12,19H,13-16H2,1H3,(H,25,27). The van der Waals surface area contributed by atoms with Crippen LogP contribution < -0.4 is 10.1 Å². The Bertz CT molecular complexity index is 1020. The first-order chi connectivity index (χ1) is 14.2. The van der Waals surface area contributed by atoms with E-state index in [1.165, 1.54) is 0 Å². The van der Waals surface area contributed by atoms with Crippen LogP contribution in [0.1, 0.15) is 33.6 Å². The summed E-state index contributed by atoms with van der Waals surface area (Å²) in [5.41, 5.74) is 1.35. The van der Waals surface area contributed by atoms with E-state index in [-0.39, 0.29) is 17.9 Å². The van der Waals surface area contributed by atoms with E-state index in [1.807, 2.05) is 47.4 Å². The predicted octanol–water partition coefficient (Wildman–Crippen LogP) is 3.88. The molecule has 0 radical (unpaired) electrons. The molecule has 1 N–H and O–H groups in total. The van der Waals surface area contributed by atoms with Crippen molar-refractivity contribution in [3.05, 3.63) is 77.9 Å². The van der Waals surface area contributed by atoms with Crippen molar-refractivity contribution >= 4 is 22.6 Å². The van der Waals surface area contributed by atoms with Crippen LogP contribution in [0.5, 0.6) is 5.75 Å². The molecular formula is C24H24N2O3. The van der Waals surface area contributed by atoms with E-state index >= 15 is 0 Å². The van der Waals surface area contributed by atoms with Crippen molar-refractivity contribution in [2.45, 2.75) is 18.9 Å². The molecule has 2 amide bonds. The van der Waals surface area contributed by atoms with Gasteiger partial charge in [0.1, 0.15) is 5.75 Å². The predicted molar refractivity (Wildman–Crippen MR) is 113 cm³/mol. The van der Waals surface area contributed by atoms with E-state index in [2.05, 4.69) is 5.32 Å². The molecule has 0 aliphatic carbocycles. The van der Waals surface area contributed by atoms with E-state index in [4.69, 9.17) is 4.74 Å². The van der Waals surface area contributed by atoms with Gasteiger partial charge in [-0.1, -0.05) is 36.4 Å². The summed E-state index contributed by atoms with van der Waals surface area (Å²) in [6.45, 7) is 1.27. The molecule has 0 atom stereocenters. The molecule has 29 heavy (non-hydrogen) atoms. The molecule has 0 bridgehead atoms. The zero-order valence-corrected chi connectivity index (χ0v) is 16.4. The van der Waals surface area contributed by atoms with Crippen LogP contribution in [0.2, 0.25) is 0 Å². The number of nitrogens with zero attached hydrogens (tertiary/aromatic N) is 1. The van der Waals surface area contributed by atoms with Gasteiger partial charge in [0.25, 0.3) is 11.8 Å². The summed E-state index contributed by atoms with van der Waals surface area (Å²) < 4.78 is 5.13. The summed E-state index contributed by atoms with van der Waals surface area (Å²) in [5, 5.41) is 5.13. The average Bonchev–Trinajstić information content (AvgIpc) is 2.78. The Hall–Kier alpha value is -3.34. The van der Waals surface area contributed by atoms with Gasteiger partial charge >= 0.3 is 0 Å². The number of likely N-dealkylation sites (tertiary alicyclic amines) is 1. The van der Waals surface area contributed by atoms with E-state index in [0.29, 0.717) is 18.7 Å². The molecule has 3 aromatic carbocycles. The third-order valence-corrected chi connectivity index (χ3v) is 5.49. The number of benzene rings is 3. The Morgan fingerprint density at radius 1 is 0.931 bits per heavy atom. The molecule has 0 spiro atoms. The lowest BCUT2D eigenvalue weighted by Gasteiger charge is -2.32. The van der Waals surface area contributed by atoms with Gasteiger partial charge in [-0.15, -0.1) is 0 Å². The zero-order chi connectivity index (χ0) is 20.2. The first kappa shape index (κ1) is 19.0. The van der Waals surface area contributed by atoms with Gasteiger partial charge in [-0.25, -0.2) is 0 Å². The Labute approximate surface area is 170 Å². The minimum absolute atomic E-state index is 0.0572. The van der Waals surface area contributed by atoms with Crippen molar-refractivity contribution in [3.63, 3.8) is 0 Å². The molecule has 1 saturated heterocycles. The highest BCUT2D eigenvalue weighted by Crippen LogP contribution is 2.22. The zero-order valence-electron chi connectivity index (χ0n) is 16.4. The lowest BCUT2D eigenvalue weighted by Crippen LogP contribution is -2.46. The smallest absolute Gasteiger partial charge is 0.254 e. The second-order valence-electron chi connectivity index (χ2n) is 7.30. The fourth-order valence-corrected chi connectivity index (χ4v) is 3.82. The van der Waals surface area contributed by atoms with Gasteiger partial charge in [0, 0.05) is 30.3 Å². The number of nitrogens with one attached hydrogen (secondary N) is 1. The quantitative estimate of drug-likeness (QED) is 0.738. The maximum absolute atomic E-state index is 13.1. The molecule has 0 aromatic heterocycles. The second kappa shape index (κ2) is 8.35. The van der Waals surface area contributed by atoms with Crippen molar-refractivity contribution in [2.24, 2.45) is 0 Å². The lowest BCUT2D eigenvalue weighted by atomic mass is 10.0.